The fraction of sp³-hybridized carbons (Fsp3) is 0.105. The third-order valence-corrected chi connectivity index (χ3v) is 4.47. The molecular weight excluding hydrogens is 334 g/mol. The minimum Gasteiger partial charge on any atom is -0.320 e. The SMILES string of the molecule is Cc1cccc(C)c1NC(=O)c1csc(NC(=O)c2ccccc2)n1. The molecule has 2 amide bonds. The quantitative estimate of drug-likeness (QED) is 0.737. The molecule has 126 valence electrons. The van der Waals surface area contributed by atoms with Crippen molar-refractivity contribution in [3.05, 3.63) is 76.3 Å². The number of hydrogen-bond acceptors (Lipinski definition) is 4. The molecule has 0 bridgehead atoms. The summed E-state index contributed by atoms with van der Waals surface area (Å²) >= 11 is 1.22. The van der Waals surface area contributed by atoms with E-state index in [9.17, 15) is 9.59 Å². The topological polar surface area (TPSA) is 71.1 Å². The zero-order valence-corrected chi connectivity index (χ0v) is 14.7. The molecule has 3 aromatic rings. The monoisotopic (exact) mass is 351 g/mol. The number of hydrogen-bond donors (Lipinski definition) is 2. The van der Waals surface area contributed by atoms with Gasteiger partial charge in [0.2, 0.25) is 0 Å². The van der Waals surface area contributed by atoms with Crippen molar-refractivity contribution in [1.29, 1.82) is 0 Å². The molecule has 0 aliphatic carbocycles. The third-order valence-electron chi connectivity index (χ3n) is 3.71. The van der Waals surface area contributed by atoms with Crippen molar-refractivity contribution in [3.8, 4) is 0 Å². The predicted molar refractivity (Wildman–Crippen MR) is 100 cm³/mol. The van der Waals surface area contributed by atoms with Gasteiger partial charge < -0.3 is 5.32 Å². The van der Waals surface area contributed by atoms with Crippen molar-refractivity contribution in [2.24, 2.45) is 0 Å². The molecule has 6 heteroatoms. The fourth-order valence-electron chi connectivity index (χ4n) is 2.38. The molecule has 5 nitrogen and oxygen atoms in total. The Labute approximate surface area is 149 Å². The molecule has 0 fully saturated rings. The summed E-state index contributed by atoms with van der Waals surface area (Å²) in [6.07, 6.45) is 0. The first-order chi connectivity index (χ1) is 12.0. The zero-order chi connectivity index (χ0) is 17.8. The Kier molecular flexibility index (Phi) is 4.90. The van der Waals surface area contributed by atoms with Crippen LogP contribution in [0.2, 0.25) is 0 Å². The lowest BCUT2D eigenvalue weighted by molar-refractivity contribution is 0.101. The number of nitrogens with one attached hydrogen (secondary N) is 2. The van der Waals surface area contributed by atoms with Gasteiger partial charge in [0.25, 0.3) is 11.8 Å². The summed E-state index contributed by atoms with van der Waals surface area (Å²) in [4.78, 5) is 28.7. The van der Waals surface area contributed by atoms with Crippen LogP contribution in [0.3, 0.4) is 0 Å². The van der Waals surface area contributed by atoms with Crippen LogP contribution in [0.5, 0.6) is 0 Å². The van der Waals surface area contributed by atoms with Crippen LogP contribution in [0.1, 0.15) is 32.0 Å². The second kappa shape index (κ2) is 7.27. The van der Waals surface area contributed by atoms with E-state index in [1.807, 2.05) is 38.1 Å². The first kappa shape index (κ1) is 16.9. The van der Waals surface area contributed by atoms with E-state index in [0.717, 1.165) is 16.8 Å². The van der Waals surface area contributed by atoms with Crippen molar-refractivity contribution in [2.45, 2.75) is 13.8 Å². The van der Waals surface area contributed by atoms with Crippen molar-refractivity contribution in [3.63, 3.8) is 0 Å². The number of carbonyl (C=O) groups excluding carboxylic acids is 2. The van der Waals surface area contributed by atoms with Gasteiger partial charge in [-0.25, -0.2) is 4.98 Å². The molecule has 0 unspecified atom stereocenters. The van der Waals surface area contributed by atoms with Gasteiger partial charge in [0.1, 0.15) is 5.69 Å². The van der Waals surface area contributed by atoms with Crippen LogP contribution in [-0.4, -0.2) is 16.8 Å². The normalized spacial score (nSPS) is 10.3. The van der Waals surface area contributed by atoms with Gasteiger partial charge >= 0.3 is 0 Å². The van der Waals surface area contributed by atoms with Gasteiger partial charge in [-0.1, -0.05) is 36.4 Å². The third kappa shape index (κ3) is 3.92. The molecule has 1 heterocycles. The number of para-hydroxylation sites is 1. The van der Waals surface area contributed by atoms with Gasteiger partial charge in [0.15, 0.2) is 5.13 Å². The van der Waals surface area contributed by atoms with Crippen LogP contribution in [0, 0.1) is 13.8 Å². The van der Waals surface area contributed by atoms with E-state index in [2.05, 4.69) is 15.6 Å². The number of aromatic nitrogens is 1. The maximum Gasteiger partial charge on any atom is 0.275 e. The average molecular weight is 351 g/mol. The summed E-state index contributed by atoms with van der Waals surface area (Å²) in [5, 5.41) is 7.61. The Hall–Kier alpha value is -2.99. The van der Waals surface area contributed by atoms with E-state index < -0.39 is 0 Å². The number of thiazole rings is 1. The van der Waals surface area contributed by atoms with Gasteiger partial charge in [-0.3, -0.25) is 14.9 Å². The van der Waals surface area contributed by atoms with E-state index >= 15 is 0 Å². The highest BCUT2D eigenvalue weighted by atomic mass is 32.1. The van der Waals surface area contributed by atoms with Crippen LogP contribution < -0.4 is 10.6 Å². The summed E-state index contributed by atoms with van der Waals surface area (Å²) in [7, 11) is 0. The van der Waals surface area contributed by atoms with Crippen molar-refractivity contribution in [2.75, 3.05) is 10.6 Å². The lowest BCUT2D eigenvalue weighted by Crippen LogP contribution is -2.15. The lowest BCUT2D eigenvalue weighted by atomic mass is 10.1. The number of aryl methyl sites for hydroxylation is 2. The Bertz CT molecular complexity index is 899. The van der Waals surface area contributed by atoms with Crippen LogP contribution in [-0.2, 0) is 0 Å². The highest BCUT2D eigenvalue weighted by Crippen LogP contribution is 2.22. The number of amides is 2. The van der Waals surface area contributed by atoms with Gasteiger partial charge in [-0.15, -0.1) is 11.3 Å². The molecule has 0 saturated carbocycles. The smallest absolute Gasteiger partial charge is 0.275 e. The molecular formula is C19H17N3O2S. The number of nitrogens with zero attached hydrogens (tertiary/aromatic N) is 1. The molecule has 0 atom stereocenters. The first-order valence-electron chi connectivity index (χ1n) is 7.74. The highest BCUT2D eigenvalue weighted by molar-refractivity contribution is 7.14. The Morgan fingerprint density at radius 1 is 0.880 bits per heavy atom. The number of rotatable bonds is 4. The van der Waals surface area contributed by atoms with Crippen LogP contribution in [0.25, 0.3) is 0 Å². The number of benzene rings is 2. The van der Waals surface area contributed by atoms with E-state index in [1.165, 1.54) is 11.3 Å². The molecule has 25 heavy (non-hydrogen) atoms. The molecule has 0 aliphatic rings. The summed E-state index contributed by atoms with van der Waals surface area (Å²) in [5.74, 6) is -0.550. The van der Waals surface area contributed by atoms with E-state index in [0.29, 0.717) is 10.7 Å². The summed E-state index contributed by atoms with van der Waals surface area (Å²) in [6, 6.07) is 14.7. The molecule has 0 aliphatic heterocycles. The molecule has 0 saturated heterocycles. The second-order valence-electron chi connectivity index (χ2n) is 5.58. The molecule has 0 radical (unpaired) electrons. The van der Waals surface area contributed by atoms with E-state index in [-0.39, 0.29) is 17.5 Å². The fourth-order valence-corrected chi connectivity index (χ4v) is 3.07. The maximum absolute atomic E-state index is 12.4. The largest absolute Gasteiger partial charge is 0.320 e. The van der Waals surface area contributed by atoms with E-state index in [1.54, 1.807) is 29.6 Å². The molecule has 2 N–H and O–H groups in total. The van der Waals surface area contributed by atoms with Gasteiger partial charge in [-0.2, -0.15) is 0 Å². The van der Waals surface area contributed by atoms with Gasteiger partial charge in [-0.05, 0) is 37.1 Å². The van der Waals surface area contributed by atoms with Gasteiger partial charge in [0, 0.05) is 16.6 Å². The lowest BCUT2D eigenvalue weighted by Gasteiger charge is -2.10. The van der Waals surface area contributed by atoms with Crippen LogP contribution in [0.15, 0.2) is 53.9 Å². The summed E-state index contributed by atoms with van der Waals surface area (Å²) < 4.78 is 0. The van der Waals surface area contributed by atoms with Crippen LogP contribution in [0.4, 0.5) is 10.8 Å². The molecule has 0 spiro atoms. The Balaban J connectivity index is 1.71. The summed E-state index contributed by atoms with van der Waals surface area (Å²) in [5.41, 5.74) is 3.58. The number of anilines is 2. The molecule has 1 aromatic heterocycles. The predicted octanol–water partition coefficient (Wildman–Crippen LogP) is 4.26. The van der Waals surface area contributed by atoms with Crippen molar-refractivity contribution < 1.29 is 9.59 Å². The molecule has 2 aromatic carbocycles. The standard InChI is InChI=1S/C19H17N3O2S/c1-12-7-6-8-13(2)16(12)21-18(24)15-11-25-19(20-15)22-17(23)14-9-4-3-5-10-14/h3-11H,1-2H3,(H,21,24)(H,20,22,23). The minimum atomic E-state index is -0.297. The first-order valence-corrected chi connectivity index (χ1v) is 8.62. The molecule has 3 rings (SSSR count). The average Bonchev–Trinajstić information content (AvgIpc) is 3.07. The van der Waals surface area contributed by atoms with Crippen LogP contribution >= 0.6 is 11.3 Å². The second-order valence-corrected chi connectivity index (χ2v) is 6.44. The zero-order valence-electron chi connectivity index (χ0n) is 13.9. The van der Waals surface area contributed by atoms with Crippen molar-refractivity contribution >= 4 is 34.0 Å². The highest BCUT2D eigenvalue weighted by Gasteiger charge is 2.15. The van der Waals surface area contributed by atoms with Gasteiger partial charge in [0.05, 0.1) is 0 Å². The summed E-state index contributed by atoms with van der Waals surface area (Å²) in [6.45, 7) is 3.88. The maximum atomic E-state index is 12.4. The minimum absolute atomic E-state index is 0.253. The van der Waals surface area contributed by atoms with E-state index in [4.69, 9.17) is 0 Å². The Morgan fingerprint density at radius 2 is 1.56 bits per heavy atom. The Morgan fingerprint density at radius 3 is 2.24 bits per heavy atom. The number of carbonyl (C=O) groups is 2. The van der Waals surface area contributed by atoms with Crippen molar-refractivity contribution in [1.82, 2.24) is 4.98 Å².